The van der Waals surface area contributed by atoms with Gasteiger partial charge in [-0.25, -0.2) is 4.98 Å². The first kappa shape index (κ1) is 53.6. The molecule has 0 fully saturated rings. The predicted molar refractivity (Wildman–Crippen MR) is 325 cm³/mol. The van der Waals surface area contributed by atoms with E-state index in [0.717, 1.165) is 61.9 Å². The molecule has 6 aromatic carbocycles. The summed E-state index contributed by atoms with van der Waals surface area (Å²) >= 11 is 0. The number of anilines is 4. The summed E-state index contributed by atoms with van der Waals surface area (Å²) in [6.45, 7) is 41.5. The summed E-state index contributed by atoms with van der Waals surface area (Å²) in [6, 6.07) is 48.8. The molecule has 0 aliphatic heterocycles. The van der Waals surface area contributed by atoms with E-state index in [1.807, 2.05) is 36.8 Å². The van der Waals surface area contributed by atoms with Crippen LogP contribution in [0, 0.1) is 0 Å². The Hall–Kier alpha value is -7.18. The average Bonchev–Trinajstić information content (AvgIpc) is 3.67. The van der Waals surface area contributed by atoms with Crippen molar-refractivity contribution in [3.05, 3.63) is 185 Å². The highest BCUT2D eigenvalue weighted by atomic mass is 16.5. The quantitative estimate of drug-likeness (QED) is 0.151. The topological polar surface area (TPSA) is 64.0 Å². The fourth-order valence-electron chi connectivity index (χ4n) is 9.90. The summed E-state index contributed by atoms with van der Waals surface area (Å²) in [6.07, 6.45) is 5.71. The molecular weight excluding hydrogens is 927 g/mol. The molecule has 0 unspecified atom stereocenters. The van der Waals surface area contributed by atoms with Crippen LogP contribution in [-0.2, 0) is 32.5 Å². The molecule has 76 heavy (non-hydrogen) atoms. The molecule has 0 aliphatic rings. The van der Waals surface area contributed by atoms with Crippen LogP contribution in [0.25, 0.3) is 49.9 Å². The van der Waals surface area contributed by atoms with Gasteiger partial charge in [0.15, 0.2) is 0 Å². The maximum absolute atomic E-state index is 6.76. The molecule has 9 aromatic rings. The molecule has 3 heterocycles. The highest BCUT2D eigenvalue weighted by Gasteiger charge is 2.28. The average molecular weight is 1010 g/mol. The van der Waals surface area contributed by atoms with E-state index in [1.54, 1.807) is 0 Å². The Labute approximate surface area is 454 Å². The van der Waals surface area contributed by atoms with E-state index in [0.29, 0.717) is 5.75 Å². The standard InChI is InChI=1S/C70H81N5O/c1-65(2,3)46-28-31-72-63(40-46)75-61-25-20-19-24-55(61)56-27-26-54(42-62(56)75)76-53-23-21-22-52(41-53)73-59-29-30-71-43-60(59)74-64-57(44-32-47(66(4,5)6)36-48(33-44)67(7,8)9)38-51(70(16,17)18)39-58(64)45-34-49(68(10,11)12)37-50(35-45)69(13,14)15/h19-43,74H,1-18H3,(H,71,73). The largest absolute Gasteiger partial charge is 0.457 e. The lowest BCUT2D eigenvalue weighted by molar-refractivity contribution is 0.483. The highest BCUT2D eigenvalue weighted by molar-refractivity contribution is 6.09. The Morgan fingerprint density at radius 3 is 1.46 bits per heavy atom. The fraction of sp³-hybridized carbons (Fsp3) is 0.343. The Balaban J connectivity index is 1.16. The first-order valence-electron chi connectivity index (χ1n) is 27.2. The van der Waals surface area contributed by atoms with Crippen molar-refractivity contribution >= 4 is 44.6 Å². The van der Waals surface area contributed by atoms with Crippen molar-refractivity contribution in [2.75, 3.05) is 10.6 Å². The number of ether oxygens (including phenoxy) is 1. The monoisotopic (exact) mass is 1010 g/mol. The summed E-state index contributed by atoms with van der Waals surface area (Å²) in [5.41, 5.74) is 17.8. The van der Waals surface area contributed by atoms with Crippen LogP contribution in [0.2, 0.25) is 0 Å². The zero-order valence-corrected chi connectivity index (χ0v) is 48.7. The third-order valence-corrected chi connectivity index (χ3v) is 14.9. The molecule has 0 spiro atoms. The number of pyridine rings is 2. The number of aromatic nitrogens is 3. The maximum Gasteiger partial charge on any atom is 0.137 e. The van der Waals surface area contributed by atoms with E-state index in [1.165, 1.54) is 49.9 Å². The number of nitrogens with zero attached hydrogens (tertiary/aromatic N) is 3. The van der Waals surface area contributed by atoms with Crippen LogP contribution in [0.3, 0.4) is 0 Å². The lowest BCUT2D eigenvalue weighted by Crippen LogP contribution is -2.17. The molecule has 0 saturated carbocycles. The van der Waals surface area contributed by atoms with E-state index in [2.05, 4.69) is 255 Å². The van der Waals surface area contributed by atoms with Gasteiger partial charge in [-0.05, 0) is 138 Å². The molecule has 0 aliphatic carbocycles. The van der Waals surface area contributed by atoms with Crippen molar-refractivity contribution in [1.82, 2.24) is 14.5 Å². The third-order valence-electron chi connectivity index (χ3n) is 14.9. The second kappa shape index (κ2) is 19.4. The van der Waals surface area contributed by atoms with Gasteiger partial charge in [0.25, 0.3) is 0 Å². The van der Waals surface area contributed by atoms with Crippen molar-refractivity contribution in [2.45, 2.75) is 157 Å². The van der Waals surface area contributed by atoms with Crippen LogP contribution in [0.15, 0.2) is 152 Å². The molecule has 0 amide bonds. The minimum absolute atomic E-state index is 0.0231. The van der Waals surface area contributed by atoms with Gasteiger partial charge in [-0.15, -0.1) is 0 Å². The van der Waals surface area contributed by atoms with Crippen LogP contribution in [0.1, 0.15) is 158 Å². The number of para-hydroxylation sites is 1. The lowest BCUT2D eigenvalue weighted by atomic mass is 9.76. The number of fused-ring (bicyclic) bond motifs is 3. The normalized spacial score (nSPS) is 12.9. The Kier molecular flexibility index (Phi) is 13.7. The Morgan fingerprint density at radius 2 is 0.908 bits per heavy atom. The second-order valence-corrected chi connectivity index (χ2v) is 27.3. The number of hydrogen-bond acceptors (Lipinski definition) is 5. The molecule has 2 N–H and O–H groups in total. The molecule has 6 nitrogen and oxygen atoms in total. The zero-order chi connectivity index (χ0) is 54.9. The van der Waals surface area contributed by atoms with Gasteiger partial charge in [0.2, 0.25) is 0 Å². The van der Waals surface area contributed by atoms with E-state index < -0.39 is 0 Å². The SMILES string of the molecule is CC(C)(C)c1cc(-c2cc(C(C)(C)C)cc(-c3cc(C(C)(C)C)cc(C(C)(C)C)c3)c2Nc2cnccc2Nc2cccc(Oc3ccc4c5ccccc5n(-c5cc(C(C)(C)C)ccn5)c4c3)c2)cc(C(C)(C)C)c1. The van der Waals surface area contributed by atoms with Crippen molar-refractivity contribution in [3.63, 3.8) is 0 Å². The highest BCUT2D eigenvalue weighted by Crippen LogP contribution is 2.47. The van der Waals surface area contributed by atoms with Crippen molar-refractivity contribution in [1.29, 1.82) is 0 Å². The van der Waals surface area contributed by atoms with Crippen LogP contribution in [0.4, 0.5) is 22.7 Å². The van der Waals surface area contributed by atoms with Gasteiger partial charge in [-0.3, -0.25) is 9.55 Å². The van der Waals surface area contributed by atoms with E-state index in [4.69, 9.17) is 14.7 Å². The van der Waals surface area contributed by atoms with Gasteiger partial charge in [-0.2, -0.15) is 0 Å². The molecule has 6 heteroatoms. The van der Waals surface area contributed by atoms with Crippen LogP contribution < -0.4 is 15.4 Å². The second-order valence-electron chi connectivity index (χ2n) is 27.3. The molecule has 9 rings (SSSR count). The van der Waals surface area contributed by atoms with Crippen molar-refractivity contribution in [2.24, 2.45) is 0 Å². The fourth-order valence-corrected chi connectivity index (χ4v) is 9.90. The van der Waals surface area contributed by atoms with Crippen LogP contribution in [0.5, 0.6) is 11.5 Å². The predicted octanol–water partition coefficient (Wildman–Crippen LogP) is 20.0. The maximum atomic E-state index is 6.76. The zero-order valence-electron chi connectivity index (χ0n) is 48.7. The molecule has 0 bridgehead atoms. The number of hydrogen-bond donors (Lipinski definition) is 2. The molecule has 3 aromatic heterocycles. The van der Waals surface area contributed by atoms with Crippen molar-refractivity contribution in [3.8, 4) is 39.6 Å². The molecule has 0 radical (unpaired) electrons. The summed E-state index contributed by atoms with van der Waals surface area (Å²) in [5, 5.41) is 10.2. The summed E-state index contributed by atoms with van der Waals surface area (Å²) in [5.74, 6) is 2.34. The van der Waals surface area contributed by atoms with Gasteiger partial charge >= 0.3 is 0 Å². The van der Waals surface area contributed by atoms with Crippen molar-refractivity contribution < 1.29 is 4.74 Å². The Morgan fingerprint density at radius 1 is 0.395 bits per heavy atom. The smallest absolute Gasteiger partial charge is 0.137 e. The summed E-state index contributed by atoms with van der Waals surface area (Å²) < 4.78 is 9.01. The van der Waals surface area contributed by atoms with Gasteiger partial charge in [-0.1, -0.05) is 185 Å². The van der Waals surface area contributed by atoms with Crippen LogP contribution in [-0.4, -0.2) is 14.5 Å². The Bertz CT molecular complexity index is 3460. The minimum Gasteiger partial charge on any atom is -0.457 e. The molecular formula is C70H81N5O. The third kappa shape index (κ3) is 11.3. The van der Waals surface area contributed by atoms with Crippen LogP contribution >= 0.6 is 0 Å². The van der Waals surface area contributed by atoms with E-state index in [-0.39, 0.29) is 32.5 Å². The molecule has 0 saturated heterocycles. The number of benzene rings is 6. The molecule has 392 valence electrons. The number of rotatable bonds is 9. The number of nitrogens with one attached hydrogen (secondary N) is 2. The minimum atomic E-state index is -0.140. The van der Waals surface area contributed by atoms with E-state index in [9.17, 15) is 0 Å². The first-order valence-corrected chi connectivity index (χ1v) is 27.2. The molecule has 0 atom stereocenters. The summed E-state index contributed by atoms with van der Waals surface area (Å²) in [7, 11) is 0. The van der Waals surface area contributed by atoms with Gasteiger partial charge < -0.3 is 15.4 Å². The summed E-state index contributed by atoms with van der Waals surface area (Å²) in [4.78, 5) is 9.66. The van der Waals surface area contributed by atoms with Gasteiger partial charge in [0, 0.05) is 52.1 Å². The van der Waals surface area contributed by atoms with Gasteiger partial charge in [0.05, 0.1) is 34.3 Å². The first-order chi connectivity index (χ1) is 35.4. The lowest BCUT2D eigenvalue weighted by Gasteiger charge is -2.30. The van der Waals surface area contributed by atoms with E-state index >= 15 is 0 Å². The van der Waals surface area contributed by atoms with Gasteiger partial charge in [0.1, 0.15) is 17.3 Å².